The van der Waals surface area contributed by atoms with Gasteiger partial charge >= 0.3 is 0 Å². The molecule has 19 heavy (non-hydrogen) atoms. The van der Waals surface area contributed by atoms with Gasteiger partial charge in [-0.1, -0.05) is 6.42 Å². The zero-order chi connectivity index (χ0) is 14.3. The van der Waals surface area contributed by atoms with Crippen molar-refractivity contribution in [2.75, 3.05) is 32.7 Å². The van der Waals surface area contributed by atoms with E-state index < -0.39 is 0 Å². The normalized spacial score (nSPS) is 20.0. The Bertz CT molecular complexity index is 258. The van der Waals surface area contributed by atoms with Crippen molar-refractivity contribution in [1.82, 2.24) is 15.1 Å². The SMILES string of the molecule is CCN(CC)C(=O)CN(CC1CCCCN1)C(C)C. The molecule has 0 saturated carbocycles. The van der Waals surface area contributed by atoms with Crippen LogP contribution in [0.3, 0.4) is 0 Å². The van der Waals surface area contributed by atoms with Gasteiger partial charge in [0.25, 0.3) is 0 Å². The third kappa shape index (κ3) is 5.49. The molecule has 1 fully saturated rings. The van der Waals surface area contributed by atoms with Gasteiger partial charge in [-0.2, -0.15) is 0 Å². The lowest BCUT2D eigenvalue weighted by atomic mass is 10.0. The molecule has 1 N–H and O–H groups in total. The van der Waals surface area contributed by atoms with Gasteiger partial charge in [-0.25, -0.2) is 0 Å². The minimum Gasteiger partial charge on any atom is -0.342 e. The van der Waals surface area contributed by atoms with Crippen LogP contribution in [-0.2, 0) is 4.79 Å². The Kier molecular flexibility index (Phi) is 7.39. The summed E-state index contributed by atoms with van der Waals surface area (Å²) in [6, 6.07) is 0.976. The smallest absolute Gasteiger partial charge is 0.236 e. The number of hydrogen-bond donors (Lipinski definition) is 1. The summed E-state index contributed by atoms with van der Waals surface area (Å²) >= 11 is 0. The first-order valence-corrected chi connectivity index (χ1v) is 7.83. The number of amides is 1. The van der Waals surface area contributed by atoms with Crippen LogP contribution >= 0.6 is 0 Å². The van der Waals surface area contributed by atoms with Crippen molar-refractivity contribution in [2.45, 2.75) is 59.0 Å². The third-order valence-electron chi connectivity index (χ3n) is 4.05. The van der Waals surface area contributed by atoms with Gasteiger partial charge in [0.15, 0.2) is 0 Å². The van der Waals surface area contributed by atoms with Crippen LogP contribution < -0.4 is 5.32 Å². The molecule has 1 unspecified atom stereocenters. The van der Waals surface area contributed by atoms with Crippen LogP contribution in [0, 0.1) is 0 Å². The fourth-order valence-corrected chi connectivity index (χ4v) is 2.67. The molecule has 0 radical (unpaired) electrons. The van der Waals surface area contributed by atoms with E-state index in [0.717, 1.165) is 26.2 Å². The van der Waals surface area contributed by atoms with E-state index in [1.165, 1.54) is 19.3 Å². The fourth-order valence-electron chi connectivity index (χ4n) is 2.67. The van der Waals surface area contributed by atoms with Crippen LogP contribution in [0.4, 0.5) is 0 Å². The van der Waals surface area contributed by atoms with Crippen LogP contribution in [-0.4, -0.2) is 60.5 Å². The van der Waals surface area contributed by atoms with E-state index in [2.05, 4.69) is 24.1 Å². The second-order valence-electron chi connectivity index (χ2n) is 5.74. The van der Waals surface area contributed by atoms with Crippen molar-refractivity contribution in [3.63, 3.8) is 0 Å². The van der Waals surface area contributed by atoms with Gasteiger partial charge in [0.1, 0.15) is 0 Å². The third-order valence-corrected chi connectivity index (χ3v) is 4.05. The highest BCUT2D eigenvalue weighted by Gasteiger charge is 2.22. The highest BCUT2D eigenvalue weighted by atomic mass is 16.2. The van der Waals surface area contributed by atoms with Crippen LogP contribution in [0.25, 0.3) is 0 Å². The molecular formula is C15H31N3O. The van der Waals surface area contributed by atoms with Crippen LogP contribution in [0.15, 0.2) is 0 Å². The van der Waals surface area contributed by atoms with Crippen molar-refractivity contribution in [3.05, 3.63) is 0 Å². The first-order valence-electron chi connectivity index (χ1n) is 7.83. The standard InChI is InChI=1S/C15H31N3O/c1-5-17(6-2)15(19)12-18(13(3)4)11-14-9-7-8-10-16-14/h13-14,16H,5-12H2,1-4H3. The van der Waals surface area contributed by atoms with Gasteiger partial charge in [-0.05, 0) is 47.1 Å². The number of carbonyl (C=O) groups excluding carboxylic acids is 1. The highest BCUT2D eigenvalue weighted by molar-refractivity contribution is 5.78. The van der Waals surface area contributed by atoms with E-state index in [1.54, 1.807) is 0 Å². The summed E-state index contributed by atoms with van der Waals surface area (Å²) in [4.78, 5) is 16.5. The van der Waals surface area contributed by atoms with Gasteiger partial charge in [-0.3, -0.25) is 9.69 Å². The van der Waals surface area contributed by atoms with E-state index in [0.29, 0.717) is 18.6 Å². The molecule has 0 aromatic rings. The van der Waals surface area contributed by atoms with Gasteiger partial charge in [0.05, 0.1) is 6.54 Å². The van der Waals surface area contributed by atoms with E-state index >= 15 is 0 Å². The maximum atomic E-state index is 12.2. The summed E-state index contributed by atoms with van der Waals surface area (Å²) in [7, 11) is 0. The monoisotopic (exact) mass is 269 g/mol. The minimum atomic E-state index is 0.259. The molecule has 4 heteroatoms. The molecule has 112 valence electrons. The van der Waals surface area contributed by atoms with Gasteiger partial charge in [0, 0.05) is 31.7 Å². The largest absolute Gasteiger partial charge is 0.342 e. The van der Waals surface area contributed by atoms with Crippen LogP contribution in [0.5, 0.6) is 0 Å². The second kappa shape index (κ2) is 8.54. The second-order valence-corrected chi connectivity index (χ2v) is 5.74. The topological polar surface area (TPSA) is 35.6 Å². The van der Waals surface area contributed by atoms with Gasteiger partial charge < -0.3 is 10.2 Å². The van der Waals surface area contributed by atoms with Gasteiger partial charge in [-0.15, -0.1) is 0 Å². The Hall–Kier alpha value is -0.610. The molecule has 1 aliphatic heterocycles. The average molecular weight is 269 g/mol. The lowest BCUT2D eigenvalue weighted by Gasteiger charge is -2.33. The Labute approximate surface area is 118 Å². The molecule has 1 atom stereocenters. The van der Waals surface area contributed by atoms with Crippen molar-refractivity contribution >= 4 is 5.91 Å². The van der Waals surface area contributed by atoms with Gasteiger partial charge in [0.2, 0.25) is 5.91 Å². The molecule has 0 spiro atoms. The number of rotatable bonds is 7. The molecule has 1 heterocycles. The minimum absolute atomic E-state index is 0.259. The summed E-state index contributed by atoms with van der Waals surface area (Å²) in [5.41, 5.74) is 0. The molecule has 1 saturated heterocycles. The lowest BCUT2D eigenvalue weighted by Crippen LogP contribution is -2.49. The number of carbonyl (C=O) groups is 1. The van der Waals surface area contributed by atoms with E-state index in [1.807, 2.05) is 18.7 Å². The molecule has 0 aromatic heterocycles. The average Bonchev–Trinajstić information content (AvgIpc) is 2.40. The van der Waals surface area contributed by atoms with Crippen molar-refractivity contribution < 1.29 is 4.79 Å². The van der Waals surface area contributed by atoms with E-state index in [9.17, 15) is 4.79 Å². The Morgan fingerprint density at radius 3 is 2.42 bits per heavy atom. The van der Waals surface area contributed by atoms with Crippen molar-refractivity contribution in [3.8, 4) is 0 Å². The quantitative estimate of drug-likeness (QED) is 0.764. The van der Waals surface area contributed by atoms with Crippen molar-refractivity contribution in [1.29, 1.82) is 0 Å². The van der Waals surface area contributed by atoms with Crippen LogP contribution in [0.2, 0.25) is 0 Å². The summed E-state index contributed by atoms with van der Waals surface area (Å²) < 4.78 is 0. The summed E-state index contributed by atoms with van der Waals surface area (Å²) in [6.07, 6.45) is 3.84. The number of piperidine rings is 1. The van der Waals surface area contributed by atoms with Crippen LogP contribution in [0.1, 0.15) is 47.0 Å². The van der Waals surface area contributed by atoms with E-state index in [4.69, 9.17) is 0 Å². The Morgan fingerprint density at radius 1 is 1.26 bits per heavy atom. The molecule has 1 amide bonds. The summed E-state index contributed by atoms with van der Waals surface area (Å²) in [6.45, 7) is 12.7. The number of likely N-dealkylation sites (N-methyl/N-ethyl adjacent to an activating group) is 1. The first-order chi connectivity index (χ1) is 9.08. The predicted molar refractivity (Wildman–Crippen MR) is 80.3 cm³/mol. The number of nitrogens with zero attached hydrogens (tertiary/aromatic N) is 2. The summed E-state index contributed by atoms with van der Waals surface area (Å²) in [5, 5.41) is 3.57. The molecule has 0 aromatic carbocycles. The zero-order valence-electron chi connectivity index (χ0n) is 13.1. The number of hydrogen-bond acceptors (Lipinski definition) is 3. The zero-order valence-corrected chi connectivity index (χ0v) is 13.1. The Morgan fingerprint density at radius 2 is 1.95 bits per heavy atom. The van der Waals surface area contributed by atoms with Crippen molar-refractivity contribution in [2.24, 2.45) is 0 Å². The molecule has 0 bridgehead atoms. The summed E-state index contributed by atoms with van der Waals surface area (Å²) in [5.74, 6) is 0.259. The number of nitrogens with one attached hydrogen (secondary N) is 1. The molecule has 4 nitrogen and oxygen atoms in total. The maximum absolute atomic E-state index is 12.2. The maximum Gasteiger partial charge on any atom is 0.236 e. The lowest BCUT2D eigenvalue weighted by molar-refractivity contribution is -0.132. The highest BCUT2D eigenvalue weighted by Crippen LogP contribution is 2.10. The van der Waals surface area contributed by atoms with E-state index in [-0.39, 0.29) is 5.91 Å². The molecule has 1 rings (SSSR count). The predicted octanol–water partition coefficient (Wildman–Crippen LogP) is 1.71. The fraction of sp³-hybridized carbons (Fsp3) is 0.933. The molecule has 0 aliphatic carbocycles. The molecular weight excluding hydrogens is 238 g/mol. The first kappa shape index (κ1) is 16.4. The molecule has 1 aliphatic rings. The Balaban J connectivity index is 2.49.